The van der Waals surface area contributed by atoms with Crippen LogP contribution >= 0.6 is 11.3 Å². The largest absolute Gasteiger partial charge is 0.497 e. The van der Waals surface area contributed by atoms with Crippen molar-refractivity contribution in [1.29, 1.82) is 0 Å². The summed E-state index contributed by atoms with van der Waals surface area (Å²) in [5.41, 5.74) is 0.595. The van der Waals surface area contributed by atoms with Crippen LogP contribution in [0.25, 0.3) is 10.2 Å². The van der Waals surface area contributed by atoms with E-state index in [2.05, 4.69) is 5.32 Å². The molecule has 4 rings (SSSR count). The van der Waals surface area contributed by atoms with Gasteiger partial charge in [-0.1, -0.05) is 30.3 Å². The lowest BCUT2D eigenvalue weighted by molar-refractivity contribution is -0.116. The predicted octanol–water partition coefficient (Wildman–Crippen LogP) is 3.54. The van der Waals surface area contributed by atoms with Crippen LogP contribution in [0.3, 0.4) is 0 Å². The maximum atomic E-state index is 13.2. The minimum atomic E-state index is -0.559. The summed E-state index contributed by atoms with van der Waals surface area (Å²) < 4.78 is 7.94. The number of carbonyl (C=O) groups excluding carboxylic acids is 2. The highest BCUT2D eigenvalue weighted by Gasteiger charge is 2.17. The Morgan fingerprint density at radius 2 is 1.71 bits per heavy atom. The van der Waals surface area contributed by atoms with Crippen LogP contribution in [0, 0.1) is 0 Å². The van der Waals surface area contributed by atoms with Gasteiger partial charge in [-0.3, -0.25) is 23.5 Å². The van der Waals surface area contributed by atoms with Gasteiger partial charge in [0.05, 0.1) is 19.2 Å². The summed E-state index contributed by atoms with van der Waals surface area (Å²) in [5.74, 6) is 0.234. The number of hydrogen-bond donors (Lipinski definition) is 1. The van der Waals surface area contributed by atoms with E-state index in [1.807, 2.05) is 6.07 Å². The number of nitrogens with zero attached hydrogens (tertiary/aromatic N) is 2. The fourth-order valence-electron chi connectivity index (χ4n) is 3.64. The Kier molecular flexibility index (Phi) is 7.03. The minimum Gasteiger partial charge on any atom is -0.497 e. The topological polar surface area (TPSA) is 99.4 Å². The van der Waals surface area contributed by atoms with Crippen LogP contribution in [0.5, 0.6) is 5.75 Å². The summed E-state index contributed by atoms with van der Waals surface area (Å²) >= 11 is 1.22. The van der Waals surface area contributed by atoms with Crippen LogP contribution in [0.1, 0.15) is 23.2 Å². The Morgan fingerprint density at radius 3 is 2.41 bits per heavy atom. The number of benzene rings is 2. The maximum absolute atomic E-state index is 13.2. The highest BCUT2D eigenvalue weighted by atomic mass is 32.1. The first kappa shape index (κ1) is 23.2. The van der Waals surface area contributed by atoms with Gasteiger partial charge >= 0.3 is 5.69 Å². The monoisotopic (exact) mass is 477 g/mol. The van der Waals surface area contributed by atoms with E-state index in [-0.39, 0.29) is 31.2 Å². The first-order chi connectivity index (χ1) is 16.5. The lowest BCUT2D eigenvalue weighted by Crippen LogP contribution is -2.40. The van der Waals surface area contributed by atoms with Gasteiger partial charge in [0.2, 0.25) is 5.91 Å². The van der Waals surface area contributed by atoms with Gasteiger partial charge in [-0.25, -0.2) is 4.79 Å². The first-order valence-corrected chi connectivity index (χ1v) is 11.6. The molecule has 8 nitrogen and oxygen atoms in total. The molecular formula is C25H23N3O5S. The van der Waals surface area contributed by atoms with E-state index in [0.29, 0.717) is 33.6 Å². The van der Waals surface area contributed by atoms with Crippen molar-refractivity contribution >= 4 is 38.9 Å². The van der Waals surface area contributed by atoms with E-state index in [1.54, 1.807) is 67.1 Å². The fraction of sp³-hybridized carbons (Fsp3) is 0.200. The van der Waals surface area contributed by atoms with E-state index in [0.717, 1.165) is 4.57 Å². The third-order valence-electron chi connectivity index (χ3n) is 5.39. The van der Waals surface area contributed by atoms with Gasteiger partial charge in [0, 0.05) is 24.2 Å². The molecule has 34 heavy (non-hydrogen) atoms. The van der Waals surface area contributed by atoms with E-state index in [1.165, 1.54) is 15.9 Å². The Labute approximate surface area is 199 Å². The quantitative estimate of drug-likeness (QED) is 0.372. The van der Waals surface area contributed by atoms with Gasteiger partial charge in [0.1, 0.15) is 10.4 Å². The molecule has 1 N–H and O–H groups in total. The van der Waals surface area contributed by atoms with Crippen LogP contribution in [-0.4, -0.2) is 27.9 Å². The van der Waals surface area contributed by atoms with Crippen molar-refractivity contribution in [2.75, 3.05) is 12.4 Å². The summed E-state index contributed by atoms with van der Waals surface area (Å²) in [5, 5.41) is 4.51. The number of Topliss-reactive ketones (excluding diaryl/α,β-unsaturated/α-hetero) is 1. The number of amides is 1. The van der Waals surface area contributed by atoms with E-state index in [4.69, 9.17) is 4.74 Å². The third kappa shape index (κ3) is 4.99. The predicted molar refractivity (Wildman–Crippen MR) is 132 cm³/mol. The number of rotatable bonds is 9. The highest BCUT2D eigenvalue weighted by Crippen LogP contribution is 2.17. The molecule has 0 spiro atoms. The van der Waals surface area contributed by atoms with Crippen molar-refractivity contribution in [1.82, 2.24) is 9.13 Å². The molecule has 2 aromatic carbocycles. The molecule has 0 aliphatic heterocycles. The van der Waals surface area contributed by atoms with Crippen LogP contribution in [0.4, 0.5) is 5.69 Å². The van der Waals surface area contributed by atoms with Crippen molar-refractivity contribution in [3.05, 3.63) is 92.4 Å². The molecule has 0 atom stereocenters. The van der Waals surface area contributed by atoms with Crippen molar-refractivity contribution in [2.24, 2.45) is 0 Å². The van der Waals surface area contributed by atoms with Crippen LogP contribution in [0.2, 0.25) is 0 Å². The Bertz CT molecular complexity index is 1440. The van der Waals surface area contributed by atoms with Crippen LogP contribution in [-0.2, 0) is 17.9 Å². The molecule has 9 heteroatoms. The zero-order valence-electron chi connectivity index (χ0n) is 18.5. The Morgan fingerprint density at radius 1 is 0.971 bits per heavy atom. The second-order valence-electron chi connectivity index (χ2n) is 7.63. The molecule has 4 aromatic rings. The molecule has 174 valence electrons. The van der Waals surface area contributed by atoms with Crippen molar-refractivity contribution < 1.29 is 14.3 Å². The standard InChI is InChI=1S/C25H23N3O5S/c1-33-19-11-9-18(10-12-19)26-22(30)8-5-14-27-24(31)23-20(13-15-34-23)28(25(27)32)16-21(29)17-6-3-2-4-7-17/h2-4,6-7,9-13,15H,5,8,14,16H2,1H3,(H,26,30). The number of ether oxygens (including phenoxy) is 1. The molecule has 2 aromatic heterocycles. The number of hydrogen-bond acceptors (Lipinski definition) is 6. The third-order valence-corrected chi connectivity index (χ3v) is 6.28. The Balaban J connectivity index is 1.50. The molecule has 0 radical (unpaired) electrons. The number of anilines is 1. The molecule has 2 heterocycles. The maximum Gasteiger partial charge on any atom is 0.331 e. The number of ketones is 1. The SMILES string of the molecule is COc1ccc(NC(=O)CCCn2c(=O)c3sccc3n(CC(=O)c3ccccc3)c2=O)cc1. The highest BCUT2D eigenvalue weighted by molar-refractivity contribution is 7.17. The molecular weight excluding hydrogens is 454 g/mol. The van der Waals surface area contributed by atoms with E-state index < -0.39 is 11.2 Å². The fourth-order valence-corrected chi connectivity index (χ4v) is 4.48. The van der Waals surface area contributed by atoms with Crippen LogP contribution < -0.4 is 21.3 Å². The average molecular weight is 478 g/mol. The zero-order chi connectivity index (χ0) is 24.1. The molecule has 0 fully saturated rings. The normalized spacial score (nSPS) is 10.9. The summed E-state index contributed by atoms with van der Waals surface area (Å²) in [7, 11) is 1.56. The molecule has 0 bridgehead atoms. The molecule has 0 aliphatic rings. The molecule has 0 saturated carbocycles. The van der Waals surface area contributed by atoms with E-state index >= 15 is 0 Å². The number of thiophene rings is 1. The molecule has 0 aliphatic carbocycles. The summed E-state index contributed by atoms with van der Waals surface area (Å²) in [6.07, 6.45) is 0.421. The number of fused-ring (bicyclic) bond motifs is 1. The van der Waals surface area contributed by atoms with Gasteiger partial charge in [-0.05, 0) is 42.1 Å². The Hall–Kier alpha value is -3.98. The lowest BCUT2D eigenvalue weighted by atomic mass is 10.1. The van der Waals surface area contributed by atoms with Gasteiger partial charge in [-0.2, -0.15) is 0 Å². The smallest absolute Gasteiger partial charge is 0.331 e. The minimum absolute atomic E-state index is 0.0705. The zero-order valence-corrected chi connectivity index (χ0v) is 19.3. The number of methoxy groups -OCH3 is 1. The van der Waals surface area contributed by atoms with Gasteiger partial charge < -0.3 is 10.1 Å². The summed E-state index contributed by atoms with van der Waals surface area (Å²) in [4.78, 5) is 51.1. The van der Waals surface area contributed by atoms with E-state index in [9.17, 15) is 19.2 Å². The van der Waals surface area contributed by atoms with Crippen molar-refractivity contribution in [3.8, 4) is 5.75 Å². The number of nitrogens with one attached hydrogen (secondary N) is 1. The second-order valence-corrected chi connectivity index (χ2v) is 8.55. The van der Waals surface area contributed by atoms with Crippen molar-refractivity contribution in [2.45, 2.75) is 25.9 Å². The number of carbonyl (C=O) groups is 2. The van der Waals surface area contributed by atoms with Gasteiger partial charge in [-0.15, -0.1) is 11.3 Å². The summed E-state index contributed by atoms with van der Waals surface area (Å²) in [6, 6.07) is 17.3. The average Bonchev–Trinajstić information content (AvgIpc) is 3.35. The molecule has 1 amide bonds. The summed E-state index contributed by atoms with van der Waals surface area (Å²) in [6.45, 7) is -0.102. The van der Waals surface area contributed by atoms with Gasteiger partial charge in [0.25, 0.3) is 5.56 Å². The molecule has 0 saturated heterocycles. The second kappa shape index (κ2) is 10.3. The number of aromatic nitrogens is 2. The lowest BCUT2D eigenvalue weighted by Gasteiger charge is -2.12. The van der Waals surface area contributed by atoms with Crippen molar-refractivity contribution in [3.63, 3.8) is 0 Å². The van der Waals surface area contributed by atoms with Gasteiger partial charge in [0.15, 0.2) is 5.78 Å². The first-order valence-electron chi connectivity index (χ1n) is 10.7. The van der Waals surface area contributed by atoms with Crippen LogP contribution in [0.15, 0.2) is 75.6 Å². The molecule has 0 unspecified atom stereocenters.